The third kappa shape index (κ3) is 5.41. The Morgan fingerprint density at radius 1 is 1.00 bits per heavy atom. The largest absolute Gasteiger partial charge is 0.312 e. The van der Waals surface area contributed by atoms with E-state index < -0.39 is 10.0 Å². The van der Waals surface area contributed by atoms with Crippen molar-refractivity contribution in [2.45, 2.75) is 27.3 Å². The van der Waals surface area contributed by atoms with Crippen molar-refractivity contribution in [3.63, 3.8) is 0 Å². The second-order valence-corrected chi connectivity index (χ2v) is 8.48. The molecule has 26 heavy (non-hydrogen) atoms. The van der Waals surface area contributed by atoms with Gasteiger partial charge in [0.1, 0.15) is 0 Å². The lowest BCUT2D eigenvalue weighted by atomic mass is 10.1. The van der Waals surface area contributed by atoms with Gasteiger partial charge in [-0.1, -0.05) is 42.0 Å². The van der Waals surface area contributed by atoms with E-state index in [1.54, 1.807) is 4.90 Å². The predicted molar refractivity (Wildman–Crippen MR) is 106 cm³/mol. The number of hydrogen-bond acceptors (Lipinski definition) is 3. The lowest BCUT2D eigenvalue weighted by Gasteiger charge is -2.26. The van der Waals surface area contributed by atoms with Gasteiger partial charge >= 0.3 is 0 Å². The summed E-state index contributed by atoms with van der Waals surface area (Å²) in [5.74, 6) is -0.240. The van der Waals surface area contributed by atoms with Crippen molar-refractivity contribution < 1.29 is 13.2 Å². The molecule has 140 valence electrons. The second kappa shape index (κ2) is 8.47. The molecule has 0 unspecified atom stereocenters. The number of anilines is 1. The minimum Gasteiger partial charge on any atom is -0.312 e. The molecule has 0 radical (unpaired) electrons. The van der Waals surface area contributed by atoms with Crippen LogP contribution in [0.4, 0.5) is 5.69 Å². The first-order valence-corrected chi connectivity index (χ1v) is 10.4. The molecular weight excluding hydrogens is 348 g/mol. The molecule has 0 heterocycles. The van der Waals surface area contributed by atoms with Crippen molar-refractivity contribution in [3.05, 3.63) is 65.2 Å². The summed E-state index contributed by atoms with van der Waals surface area (Å²) in [5.41, 5.74) is 3.79. The standard InChI is InChI=1S/C20H26N2O3S/c1-5-22(19-8-6-7-17(3)13-19)20(23)15-21(26(4,24)25)14-18-11-9-16(2)10-12-18/h6-13H,5,14-15H2,1-4H3. The van der Waals surface area contributed by atoms with E-state index in [0.29, 0.717) is 6.54 Å². The Morgan fingerprint density at radius 2 is 1.65 bits per heavy atom. The summed E-state index contributed by atoms with van der Waals surface area (Å²) in [6, 6.07) is 15.3. The highest BCUT2D eigenvalue weighted by Crippen LogP contribution is 2.17. The number of sulfonamides is 1. The van der Waals surface area contributed by atoms with Gasteiger partial charge in [0, 0.05) is 18.8 Å². The first-order chi connectivity index (χ1) is 12.2. The molecule has 0 aromatic heterocycles. The number of benzene rings is 2. The molecular formula is C20H26N2O3S. The monoisotopic (exact) mass is 374 g/mol. The minimum absolute atomic E-state index is 0.177. The van der Waals surface area contributed by atoms with Crippen molar-refractivity contribution in [2.24, 2.45) is 0 Å². The average molecular weight is 375 g/mol. The van der Waals surface area contributed by atoms with Crippen molar-refractivity contribution in [1.29, 1.82) is 0 Å². The number of likely N-dealkylation sites (N-methyl/N-ethyl adjacent to an activating group) is 1. The van der Waals surface area contributed by atoms with Gasteiger partial charge in [0.15, 0.2) is 0 Å². The van der Waals surface area contributed by atoms with Crippen LogP contribution in [-0.4, -0.2) is 38.0 Å². The van der Waals surface area contributed by atoms with Gasteiger partial charge in [-0.05, 0) is 44.0 Å². The number of hydrogen-bond donors (Lipinski definition) is 0. The van der Waals surface area contributed by atoms with Crippen LogP contribution in [0.5, 0.6) is 0 Å². The molecule has 0 aliphatic rings. The molecule has 0 N–H and O–H groups in total. The summed E-state index contributed by atoms with van der Waals surface area (Å²) in [5, 5.41) is 0. The molecule has 1 amide bonds. The van der Waals surface area contributed by atoms with Gasteiger partial charge in [-0.15, -0.1) is 0 Å². The van der Waals surface area contributed by atoms with Gasteiger partial charge in [0.25, 0.3) is 0 Å². The van der Waals surface area contributed by atoms with Gasteiger partial charge in [-0.25, -0.2) is 8.42 Å². The predicted octanol–water partition coefficient (Wildman–Crippen LogP) is 3.12. The Bertz CT molecular complexity index is 861. The Morgan fingerprint density at radius 3 is 2.19 bits per heavy atom. The van der Waals surface area contributed by atoms with E-state index >= 15 is 0 Å². The Kier molecular flexibility index (Phi) is 6.56. The van der Waals surface area contributed by atoms with Gasteiger partial charge < -0.3 is 4.90 Å². The zero-order valence-corrected chi connectivity index (χ0v) is 16.6. The molecule has 5 nitrogen and oxygen atoms in total. The van der Waals surface area contributed by atoms with Crippen molar-refractivity contribution in [2.75, 3.05) is 24.2 Å². The van der Waals surface area contributed by atoms with Gasteiger partial charge in [0.05, 0.1) is 12.8 Å². The van der Waals surface area contributed by atoms with Crippen LogP contribution < -0.4 is 4.90 Å². The molecule has 0 aliphatic heterocycles. The van der Waals surface area contributed by atoms with Gasteiger partial charge in [0.2, 0.25) is 15.9 Å². The maximum absolute atomic E-state index is 12.8. The molecule has 0 saturated heterocycles. The number of carbonyl (C=O) groups excluding carboxylic acids is 1. The van der Waals surface area contributed by atoms with Crippen LogP contribution in [-0.2, 0) is 21.4 Å². The number of carbonyl (C=O) groups is 1. The second-order valence-electron chi connectivity index (χ2n) is 6.49. The normalized spacial score (nSPS) is 11.6. The smallest absolute Gasteiger partial charge is 0.242 e. The van der Waals surface area contributed by atoms with Gasteiger partial charge in [-0.2, -0.15) is 4.31 Å². The van der Waals surface area contributed by atoms with Crippen LogP contribution in [0, 0.1) is 13.8 Å². The highest BCUT2D eigenvalue weighted by Gasteiger charge is 2.24. The minimum atomic E-state index is -3.51. The molecule has 2 rings (SSSR count). The highest BCUT2D eigenvalue weighted by molar-refractivity contribution is 7.88. The summed E-state index contributed by atoms with van der Waals surface area (Å²) >= 11 is 0. The van der Waals surface area contributed by atoms with Crippen LogP contribution in [0.1, 0.15) is 23.6 Å². The summed E-state index contributed by atoms with van der Waals surface area (Å²) < 4.78 is 25.6. The lowest BCUT2D eigenvalue weighted by Crippen LogP contribution is -2.42. The molecule has 0 atom stereocenters. The van der Waals surface area contributed by atoms with E-state index in [2.05, 4.69) is 0 Å². The summed E-state index contributed by atoms with van der Waals surface area (Å²) in [6.45, 7) is 6.28. The fourth-order valence-electron chi connectivity index (χ4n) is 2.72. The zero-order chi connectivity index (χ0) is 19.3. The van der Waals surface area contributed by atoms with E-state index in [9.17, 15) is 13.2 Å². The van der Waals surface area contributed by atoms with Crippen LogP contribution in [0.3, 0.4) is 0 Å². The quantitative estimate of drug-likeness (QED) is 0.748. The Labute approximate surface area is 156 Å². The molecule has 6 heteroatoms. The van der Waals surface area contributed by atoms with Crippen LogP contribution in [0.25, 0.3) is 0 Å². The number of aryl methyl sites for hydroxylation is 2. The SMILES string of the molecule is CCN(C(=O)CN(Cc1ccc(C)cc1)S(C)(=O)=O)c1cccc(C)c1. The Balaban J connectivity index is 2.21. The first-order valence-electron chi connectivity index (χ1n) is 8.58. The van der Waals surface area contributed by atoms with Crippen molar-refractivity contribution in [1.82, 2.24) is 4.31 Å². The fourth-order valence-corrected chi connectivity index (χ4v) is 3.45. The zero-order valence-electron chi connectivity index (χ0n) is 15.8. The van der Waals surface area contributed by atoms with Crippen molar-refractivity contribution in [3.8, 4) is 0 Å². The third-order valence-electron chi connectivity index (χ3n) is 4.19. The fraction of sp³-hybridized carbons (Fsp3) is 0.350. The highest BCUT2D eigenvalue weighted by atomic mass is 32.2. The molecule has 0 saturated carbocycles. The maximum atomic E-state index is 12.8. The summed E-state index contributed by atoms with van der Waals surface area (Å²) in [6.07, 6.45) is 1.14. The molecule has 0 spiro atoms. The van der Waals surface area contributed by atoms with Crippen LogP contribution >= 0.6 is 0 Å². The number of rotatable bonds is 7. The molecule has 2 aromatic carbocycles. The first kappa shape index (κ1) is 20.1. The van der Waals surface area contributed by atoms with E-state index in [1.165, 1.54) is 4.31 Å². The topological polar surface area (TPSA) is 57.7 Å². The Hall–Kier alpha value is -2.18. The average Bonchev–Trinajstić information content (AvgIpc) is 2.56. The number of nitrogens with zero attached hydrogens (tertiary/aromatic N) is 2. The number of amides is 1. The third-order valence-corrected chi connectivity index (χ3v) is 5.39. The summed E-state index contributed by atoms with van der Waals surface area (Å²) in [7, 11) is -3.51. The lowest BCUT2D eigenvalue weighted by molar-refractivity contribution is -0.118. The van der Waals surface area contributed by atoms with Crippen LogP contribution in [0.2, 0.25) is 0 Å². The van der Waals surface area contributed by atoms with E-state index in [0.717, 1.165) is 28.6 Å². The van der Waals surface area contributed by atoms with E-state index in [4.69, 9.17) is 0 Å². The molecule has 0 aliphatic carbocycles. The molecule has 0 bridgehead atoms. The van der Waals surface area contributed by atoms with E-state index in [-0.39, 0.29) is 19.0 Å². The summed E-state index contributed by atoms with van der Waals surface area (Å²) in [4.78, 5) is 14.4. The molecule has 2 aromatic rings. The maximum Gasteiger partial charge on any atom is 0.242 e. The van der Waals surface area contributed by atoms with Crippen LogP contribution in [0.15, 0.2) is 48.5 Å². The molecule has 0 fully saturated rings. The van der Waals surface area contributed by atoms with Crippen molar-refractivity contribution >= 4 is 21.6 Å². The van der Waals surface area contributed by atoms with E-state index in [1.807, 2.05) is 69.3 Å². The van der Waals surface area contributed by atoms with Gasteiger partial charge in [-0.3, -0.25) is 4.79 Å².